The molecule has 0 unspecified atom stereocenters. The Bertz CT molecular complexity index is 626. The van der Waals surface area contributed by atoms with E-state index >= 15 is 0 Å². The van der Waals surface area contributed by atoms with E-state index in [-0.39, 0.29) is 0 Å². The van der Waals surface area contributed by atoms with E-state index in [1.54, 1.807) is 17.5 Å². The lowest BCUT2D eigenvalue weighted by Crippen LogP contribution is -1.93. The largest absolute Gasteiger partial charge is 0.375 e. The van der Waals surface area contributed by atoms with E-state index in [1.807, 2.05) is 10.8 Å². The van der Waals surface area contributed by atoms with Crippen LogP contribution < -0.4 is 5.73 Å². The second kappa shape index (κ2) is 4.83. The zero-order valence-electron chi connectivity index (χ0n) is 9.33. The van der Waals surface area contributed by atoms with Crippen molar-refractivity contribution < 1.29 is 0 Å². The first kappa shape index (κ1) is 11.3. The van der Waals surface area contributed by atoms with Crippen LogP contribution in [0.3, 0.4) is 0 Å². The molecule has 0 spiro atoms. The molecule has 0 bridgehead atoms. The standard InChI is InChI=1S/C10H10N6S2/c11-10-13-6(5-18-10)3-7-14-8(16-15-7)4-9-12-1-2-17-9/h1-2,5H,3-4H2,(H2,11,13)(H,14,15,16). The summed E-state index contributed by atoms with van der Waals surface area (Å²) in [6.07, 6.45) is 3.07. The molecule has 3 aromatic heterocycles. The molecule has 6 nitrogen and oxygen atoms in total. The van der Waals surface area contributed by atoms with Gasteiger partial charge in [-0.1, -0.05) is 0 Å². The number of nitrogen functional groups attached to an aromatic ring is 1. The molecule has 0 atom stereocenters. The van der Waals surface area contributed by atoms with Crippen LogP contribution in [0.15, 0.2) is 17.0 Å². The van der Waals surface area contributed by atoms with Crippen molar-refractivity contribution >= 4 is 27.8 Å². The molecule has 0 amide bonds. The quantitative estimate of drug-likeness (QED) is 0.754. The van der Waals surface area contributed by atoms with Crippen molar-refractivity contribution in [3.8, 4) is 0 Å². The van der Waals surface area contributed by atoms with Gasteiger partial charge in [0.25, 0.3) is 0 Å². The van der Waals surface area contributed by atoms with E-state index in [4.69, 9.17) is 5.73 Å². The lowest BCUT2D eigenvalue weighted by atomic mass is 10.3. The van der Waals surface area contributed by atoms with E-state index in [0.717, 1.165) is 22.4 Å². The maximum atomic E-state index is 5.58. The smallest absolute Gasteiger partial charge is 0.180 e. The van der Waals surface area contributed by atoms with Gasteiger partial charge in [-0.25, -0.2) is 15.0 Å². The fourth-order valence-corrected chi connectivity index (χ4v) is 2.72. The summed E-state index contributed by atoms with van der Waals surface area (Å²) in [5.41, 5.74) is 6.49. The average Bonchev–Trinajstić information content (AvgIpc) is 3.04. The Morgan fingerprint density at radius 1 is 1.22 bits per heavy atom. The summed E-state index contributed by atoms with van der Waals surface area (Å²) in [6, 6.07) is 0. The van der Waals surface area contributed by atoms with E-state index < -0.39 is 0 Å². The van der Waals surface area contributed by atoms with E-state index in [2.05, 4.69) is 25.1 Å². The summed E-state index contributed by atoms with van der Waals surface area (Å²) < 4.78 is 0. The van der Waals surface area contributed by atoms with Gasteiger partial charge in [0.2, 0.25) is 0 Å². The van der Waals surface area contributed by atoms with Crippen LogP contribution in [-0.2, 0) is 12.8 Å². The molecule has 3 rings (SSSR count). The first-order chi connectivity index (χ1) is 8.79. The van der Waals surface area contributed by atoms with Crippen molar-refractivity contribution in [1.82, 2.24) is 25.1 Å². The fraction of sp³-hybridized carbons (Fsp3) is 0.200. The summed E-state index contributed by atoms with van der Waals surface area (Å²) in [6.45, 7) is 0. The number of hydrogen-bond acceptors (Lipinski definition) is 7. The van der Waals surface area contributed by atoms with Crippen LogP contribution in [-0.4, -0.2) is 25.1 Å². The maximum absolute atomic E-state index is 5.58. The van der Waals surface area contributed by atoms with Crippen molar-refractivity contribution in [2.24, 2.45) is 0 Å². The zero-order chi connectivity index (χ0) is 12.4. The van der Waals surface area contributed by atoms with Gasteiger partial charge in [0.05, 0.1) is 18.5 Å². The zero-order valence-corrected chi connectivity index (χ0v) is 11.0. The maximum Gasteiger partial charge on any atom is 0.180 e. The highest BCUT2D eigenvalue weighted by Crippen LogP contribution is 2.14. The molecule has 0 aliphatic carbocycles. The van der Waals surface area contributed by atoms with Crippen molar-refractivity contribution in [3.63, 3.8) is 0 Å². The Hall–Kier alpha value is -1.80. The first-order valence-corrected chi connectivity index (χ1v) is 7.04. The van der Waals surface area contributed by atoms with Crippen LogP contribution in [0, 0.1) is 0 Å². The monoisotopic (exact) mass is 278 g/mol. The molecule has 0 fully saturated rings. The van der Waals surface area contributed by atoms with Crippen LogP contribution in [0.4, 0.5) is 5.13 Å². The van der Waals surface area contributed by atoms with Gasteiger partial charge in [0.15, 0.2) is 11.0 Å². The summed E-state index contributed by atoms with van der Waals surface area (Å²) in [4.78, 5) is 12.8. The second-order valence-electron chi connectivity index (χ2n) is 3.65. The number of rotatable bonds is 4. The third-order valence-electron chi connectivity index (χ3n) is 2.29. The molecular formula is C10H10N6S2. The van der Waals surface area contributed by atoms with E-state index in [0.29, 0.717) is 18.0 Å². The summed E-state index contributed by atoms with van der Waals surface area (Å²) in [5.74, 6) is 1.55. The minimum atomic E-state index is 0.576. The number of anilines is 1. The highest BCUT2D eigenvalue weighted by Gasteiger charge is 2.08. The number of H-pyrrole nitrogens is 1. The number of nitrogens with two attached hydrogens (primary N) is 1. The normalized spacial score (nSPS) is 10.9. The van der Waals surface area contributed by atoms with Crippen LogP contribution in [0.1, 0.15) is 22.4 Å². The lowest BCUT2D eigenvalue weighted by Gasteiger charge is -1.90. The molecule has 3 heterocycles. The highest BCUT2D eigenvalue weighted by molar-refractivity contribution is 7.13. The molecule has 3 aromatic rings. The van der Waals surface area contributed by atoms with Gasteiger partial charge in [-0.3, -0.25) is 5.10 Å². The second-order valence-corrected chi connectivity index (χ2v) is 5.52. The molecule has 18 heavy (non-hydrogen) atoms. The number of thiazole rings is 2. The van der Waals surface area contributed by atoms with Gasteiger partial charge in [-0.2, -0.15) is 5.10 Å². The molecule has 0 aliphatic rings. The van der Waals surface area contributed by atoms with Gasteiger partial charge in [0, 0.05) is 17.0 Å². The van der Waals surface area contributed by atoms with Crippen LogP contribution in [0.2, 0.25) is 0 Å². The number of nitrogens with zero attached hydrogens (tertiary/aromatic N) is 4. The Kier molecular flexibility index (Phi) is 3.03. The molecular weight excluding hydrogens is 268 g/mol. The summed E-state index contributed by atoms with van der Waals surface area (Å²) in [7, 11) is 0. The van der Waals surface area contributed by atoms with Gasteiger partial charge in [-0.15, -0.1) is 22.7 Å². The van der Waals surface area contributed by atoms with Crippen molar-refractivity contribution in [2.75, 3.05) is 5.73 Å². The lowest BCUT2D eigenvalue weighted by molar-refractivity contribution is 0.945. The molecule has 0 aliphatic heterocycles. The van der Waals surface area contributed by atoms with Gasteiger partial charge in [-0.05, 0) is 0 Å². The average molecular weight is 278 g/mol. The highest BCUT2D eigenvalue weighted by atomic mass is 32.1. The Morgan fingerprint density at radius 3 is 2.89 bits per heavy atom. The third-order valence-corrected chi connectivity index (χ3v) is 3.79. The molecule has 92 valence electrons. The van der Waals surface area contributed by atoms with Gasteiger partial charge >= 0.3 is 0 Å². The molecule has 0 saturated carbocycles. The minimum absolute atomic E-state index is 0.576. The summed E-state index contributed by atoms with van der Waals surface area (Å²) in [5, 5.41) is 12.5. The predicted molar refractivity (Wildman–Crippen MR) is 70.6 cm³/mol. The van der Waals surface area contributed by atoms with Crippen LogP contribution in [0.5, 0.6) is 0 Å². The summed E-state index contributed by atoms with van der Waals surface area (Å²) >= 11 is 3.03. The fourth-order valence-electron chi connectivity index (χ4n) is 1.54. The number of hydrogen-bond donors (Lipinski definition) is 2. The van der Waals surface area contributed by atoms with Crippen molar-refractivity contribution in [1.29, 1.82) is 0 Å². The van der Waals surface area contributed by atoms with Crippen LogP contribution in [0.25, 0.3) is 0 Å². The number of aromatic nitrogens is 5. The van der Waals surface area contributed by atoms with E-state index in [1.165, 1.54) is 11.3 Å². The molecule has 0 radical (unpaired) electrons. The van der Waals surface area contributed by atoms with Crippen molar-refractivity contribution in [3.05, 3.63) is 39.3 Å². The van der Waals surface area contributed by atoms with Crippen LogP contribution >= 0.6 is 22.7 Å². The molecule has 0 aromatic carbocycles. The first-order valence-electron chi connectivity index (χ1n) is 5.28. The van der Waals surface area contributed by atoms with Gasteiger partial charge < -0.3 is 5.73 Å². The Morgan fingerprint density at radius 2 is 2.17 bits per heavy atom. The molecule has 8 heteroatoms. The third kappa shape index (κ3) is 2.54. The Labute approximate surface area is 111 Å². The number of aromatic amines is 1. The van der Waals surface area contributed by atoms with E-state index in [9.17, 15) is 0 Å². The predicted octanol–water partition coefficient (Wildman–Crippen LogP) is 1.48. The molecule has 0 saturated heterocycles. The Balaban J connectivity index is 1.69. The SMILES string of the molecule is Nc1nc(Cc2nc(Cc3nccs3)n[nH]2)cs1. The molecule has 3 N–H and O–H groups in total. The minimum Gasteiger partial charge on any atom is -0.375 e. The topological polar surface area (TPSA) is 93.4 Å². The van der Waals surface area contributed by atoms with Crippen molar-refractivity contribution in [2.45, 2.75) is 12.8 Å². The number of nitrogens with one attached hydrogen (secondary N) is 1. The van der Waals surface area contributed by atoms with Gasteiger partial charge in [0.1, 0.15) is 10.8 Å².